The molecule has 28 heavy (non-hydrogen) atoms. The third-order valence-corrected chi connectivity index (χ3v) is 5.86. The maximum absolute atomic E-state index is 10.8. The van der Waals surface area contributed by atoms with Gasteiger partial charge in [0.1, 0.15) is 0 Å². The Morgan fingerprint density at radius 3 is 2.21 bits per heavy atom. The first-order valence-electron chi connectivity index (χ1n) is 10.6. The van der Waals surface area contributed by atoms with Crippen LogP contribution in [-0.2, 0) is 6.54 Å². The lowest BCUT2D eigenvalue weighted by Crippen LogP contribution is -2.51. The van der Waals surface area contributed by atoms with Crippen LogP contribution in [0.1, 0.15) is 57.9 Å². The number of hydrogen-bond donors (Lipinski definition) is 2. The molecule has 1 aromatic carbocycles. The Balaban J connectivity index is 1.61. The molecule has 0 spiro atoms. The van der Waals surface area contributed by atoms with Crippen LogP contribution in [0.15, 0.2) is 29.3 Å². The number of aliphatic imine (C=N–C) groups is 1. The summed E-state index contributed by atoms with van der Waals surface area (Å²) in [5.74, 6) is 0.883. The fraction of sp³-hybridized carbons (Fsp3) is 0.667. The summed E-state index contributed by atoms with van der Waals surface area (Å²) in [5, 5.41) is 18.1. The van der Waals surface area contributed by atoms with Gasteiger partial charge in [-0.25, -0.2) is 4.99 Å². The van der Waals surface area contributed by atoms with E-state index in [9.17, 15) is 10.1 Å². The molecule has 0 unspecified atom stereocenters. The lowest BCUT2D eigenvalue weighted by Gasteiger charge is -2.35. The van der Waals surface area contributed by atoms with E-state index in [0.29, 0.717) is 24.7 Å². The molecule has 3 rings (SSSR count). The van der Waals surface area contributed by atoms with Crippen LogP contribution < -0.4 is 10.6 Å². The minimum atomic E-state index is -0.370. The van der Waals surface area contributed by atoms with E-state index in [-0.39, 0.29) is 10.6 Å². The fourth-order valence-electron chi connectivity index (χ4n) is 4.04. The standard InChI is InChI=1S/C21H33N5O2/c1-16(2)25-13-11-19(12-14-25)24-21(23-18-5-3-4-6-18)22-15-17-7-9-20(10-8-17)26(27)28/h7-10,16,18-19H,3-6,11-15H2,1-2H3,(H2,22,23,24). The second kappa shape index (κ2) is 9.87. The predicted molar refractivity (Wildman–Crippen MR) is 112 cm³/mol. The lowest BCUT2D eigenvalue weighted by atomic mass is 10.0. The smallest absolute Gasteiger partial charge is 0.269 e. The second-order valence-corrected chi connectivity index (χ2v) is 8.26. The number of nitro groups is 1. The Bertz CT molecular complexity index is 660. The van der Waals surface area contributed by atoms with E-state index in [1.807, 2.05) is 0 Å². The van der Waals surface area contributed by atoms with Crippen LogP contribution >= 0.6 is 0 Å². The van der Waals surface area contributed by atoms with Gasteiger partial charge in [-0.3, -0.25) is 10.1 Å². The van der Waals surface area contributed by atoms with Crippen LogP contribution in [0.5, 0.6) is 0 Å². The molecular weight excluding hydrogens is 354 g/mol. The molecule has 1 aromatic rings. The first-order chi connectivity index (χ1) is 13.5. The normalized spacial score (nSPS) is 19.9. The molecule has 0 radical (unpaired) electrons. The lowest BCUT2D eigenvalue weighted by molar-refractivity contribution is -0.384. The van der Waals surface area contributed by atoms with Gasteiger partial charge < -0.3 is 15.5 Å². The molecule has 154 valence electrons. The van der Waals surface area contributed by atoms with E-state index in [1.165, 1.54) is 25.7 Å². The number of non-ortho nitro benzene ring substituents is 1. The summed E-state index contributed by atoms with van der Waals surface area (Å²) in [6.45, 7) is 7.27. The zero-order valence-electron chi connectivity index (χ0n) is 17.1. The van der Waals surface area contributed by atoms with Crippen molar-refractivity contribution in [2.24, 2.45) is 4.99 Å². The average molecular weight is 388 g/mol. The van der Waals surface area contributed by atoms with E-state index in [2.05, 4.69) is 29.4 Å². The molecule has 0 aromatic heterocycles. The van der Waals surface area contributed by atoms with Crippen molar-refractivity contribution in [3.05, 3.63) is 39.9 Å². The molecule has 2 fully saturated rings. The molecule has 1 saturated carbocycles. The van der Waals surface area contributed by atoms with Gasteiger partial charge in [-0.1, -0.05) is 25.0 Å². The number of likely N-dealkylation sites (tertiary alicyclic amines) is 1. The third kappa shape index (κ3) is 5.92. The molecule has 0 bridgehead atoms. The van der Waals surface area contributed by atoms with Crippen molar-refractivity contribution >= 4 is 11.6 Å². The van der Waals surface area contributed by atoms with E-state index in [1.54, 1.807) is 24.3 Å². The number of hydrogen-bond acceptors (Lipinski definition) is 4. The molecule has 2 aliphatic rings. The SMILES string of the molecule is CC(C)N1CCC(NC(=NCc2ccc([N+](=O)[O-])cc2)NC2CCCC2)CC1. The topological polar surface area (TPSA) is 82.8 Å². The van der Waals surface area contributed by atoms with Crippen LogP contribution in [0.2, 0.25) is 0 Å². The number of nitrogens with one attached hydrogen (secondary N) is 2. The van der Waals surface area contributed by atoms with E-state index in [0.717, 1.165) is 37.5 Å². The van der Waals surface area contributed by atoms with E-state index < -0.39 is 0 Å². The molecule has 1 heterocycles. The van der Waals surface area contributed by atoms with Crippen LogP contribution in [0.3, 0.4) is 0 Å². The highest BCUT2D eigenvalue weighted by Gasteiger charge is 2.23. The molecular formula is C21H33N5O2. The third-order valence-electron chi connectivity index (χ3n) is 5.86. The molecule has 7 heteroatoms. The Morgan fingerprint density at radius 1 is 1.11 bits per heavy atom. The van der Waals surface area contributed by atoms with E-state index in [4.69, 9.17) is 4.99 Å². The summed E-state index contributed by atoms with van der Waals surface area (Å²) < 4.78 is 0. The minimum absolute atomic E-state index is 0.118. The summed E-state index contributed by atoms with van der Waals surface area (Å²) in [6.07, 6.45) is 7.20. The summed E-state index contributed by atoms with van der Waals surface area (Å²) in [4.78, 5) is 17.8. The largest absolute Gasteiger partial charge is 0.354 e. The number of rotatable bonds is 6. The first-order valence-corrected chi connectivity index (χ1v) is 10.6. The van der Waals surface area contributed by atoms with Gasteiger partial charge >= 0.3 is 0 Å². The van der Waals surface area contributed by atoms with Gasteiger partial charge in [-0.15, -0.1) is 0 Å². The fourth-order valence-corrected chi connectivity index (χ4v) is 4.04. The molecule has 1 saturated heterocycles. The zero-order chi connectivity index (χ0) is 19.9. The van der Waals surface area contributed by atoms with Gasteiger partial charge in [0.05, 0.1) is 11.5 Å². The van der Waals surface area contributed by atoms with Crippen molar-refractivity contribution in [3.8, 4) is 0 Å². The summed E-state index contributed by atoms with van der Waals surface area (Å²) >= 11 is 0. The molecule has 1 aliphatic heterocycles. The van der Waals surface area contributed by atoms with Crippen LogP contribution in [-0.4, -0.2) is 47.0 Å². The number of guanidine groups is 1. The Hall–Kier alpha value is -2.15. The second-order valence-electron chi connectivity index (χ2n) is 8.26. The van der Waals surface area contributed by atoms with Gasteiger partial charge in [-0.2, -0.15) is 0 Å². The van der Waals surface area contributed by atoms with Crippen LogP contribution in [0, 0.1) is 10.1 Å². The monoisotopic (exact) mass is 387 g/mol. The minimum Gasteiger partial charge on any atom is -0.354 e. The highest BCUT2D eigenvalue weighted by atomic mass is 16.6. The van der Waals surface area contributed by atoms with Gasteiger partial charge in [0.2, 0.25) is 0 Å². The maximum Gasteiger partial charge on any atom is 0.269 e. The summed E-state index contributed by atoms with van der Waals surface area (Å²) in [5.41, 5.74) is 1.10. The summed E-state index contributed by atoms with van der Waals surface area (Å²) in [6, 6.07) is 8.21. The maximum atomic E-state index is 10.8. The highest BCUT2D eigenvalue weighted by molar-refractivity contribution is 5.80. The van der Waals surface area contributed by atoms with Crippen molar-refractivity contribution in [3.63, 3.8) is 0 Å². The Morgan fingerprint density at radius 2 is 1.68 bits per heavy atom. The molecule has 7 nitrogen and oxygen atoms in total. The van der Waals surface area contributed by atoms with Gasteiger partial charge in [0.25, 0.3) is 5.69 Å². The van der Waals surface area contributed by atoms with Crippen molar-refractivity contribution in [1.82, 2.24) is 15.5 Å². The van der Waals surface area contributed by atoms with Gasteiger partial charge in [0.15, 0.2) is 5.96 Å². The number of benzene rings is 1. The van der Waals surface area contributed by atoms with Crippen molar-refractivity contribution in [1.29, 1.82) is 0 Å². The number of nitrogens with zero attached hydrogens (tertiary/aromatic N) is 3. The predicted octanol–water partition coefficient (Wildman–Crippen LogP) is 3.45. The first kappa shape index (κ1) is 20.6. The van der Waals surface area contributed by atoms with Crippen molar-refractivity contribution in [2.45, 2.75) is 77.0 Å². The number of piperidine rings is 1. The van der Waals surface area contributed by atoms with Crippen molar-refractivity contribution < 1.29 is 4.92 Å². The van der Waals surface area contributed by atoms with Crippen molar-refractivity contribution in [2.75, 3.05) is 13.1 Å². The summed E-state index contributed by atoms with van der Waals surface area (Å²) in [7, 11) is 0. The van der Waals surface area contributed by atoms with Gasteiger partial charge in [-0.05, 0) is 45.1 Å². The number of nitro benzene ring substituents is 1. The highest BCUT2D eigenvalue weighted by Crippen LogP contribution is 2.18. The van der Waals surface area contributed by atoms with Gasteiger partial charge in [0, 0.05) is 43.3 Å². The molecule has 2 N–H and O–H groups in total. The quantitative estimate of drug-likeness (QED) is 0.338. The average Bonchev–Trinajstić information content (AvgIpc) is 3.20. The molecule has 1 aliphatic carbocycles. The molecule has 0 amide bonds. The van der Waals surface area contributed by atoms with Crippen LogP contribution in [0.4, 0.5) is 5.69 Å². The Kier molecular flexibility index (Phi) is 7.25. The van der Waals surface area contributed by atoms with Crippen LogP contribution in [0.25, 0.3) is 0 Å². The zero-order valence-corrected chi connectivity index (χ0v) is 17.1. The Labute approximate surface area is 167 Å². The molecule has 0 atom stereocenters. The van der Waals surface area contributed by atoms with E-state index >= 15 is 0 Å².